The Morgan fingerprint density at radius 1 is 0.829 bits per heavy atom. The molecule has 0 radical (unpaired) electrons. The van der Waals surface area contributed by atoms with Gasteiger partial charge in [-0.3, -0.25) is 19.2 Å². The second-order valence-electron chi connectivity index (χ2n) is 8.72. The van der Waals surface area contributed by atoms with Gasteiger partial charge in [0.1, 0.15) is 23.7 Å². The minimum Gasteiger partial charge on any atom is -0.463 e. The van der Waals surface area contributed by atoms with Crippen molar-refractivity contribution in [2.24, 2.45) is 0 Å². The zero-order valence-electron chi connectivity index (χ0n) is 21.1. The van der Waals surface area contributed by atoms with Crippen molar-refractivity contribution >= 4 is 41.7 Å². The van der Waals surface area contributed by atoms with E-state index in [9.17, 15) is 24.0 Å². The van der Waals surface area contributed by atoms with Gasteiger partial charge in [-0.15, -0.1) is 11.8 Å². The number of hydrogen-bond acceptors (Lipinski definition) is 12. The number of rotatable bonds is 10. The highest BCUT2D eigenvalue weighted by Gasteiger charge is 2.52. The van der Waals surface area contributed by atoms with Crippen molar-refractivity contribution in [3.8, 4) is 0 Å². The Morgan fingerprint density at radius 2 is 1.37 bits per heavy atom. The molecule has 0 aromatic heterocycles. The van der Waals surface area contributed by atoms with Gasteiger partial charge in [-0.2, -0.15) is 0 Å². The summed E-state index contributed by atoms with van der Waals surface area (Å²) in [5, 5.41) is 2.64. The van der Waals surface area contributed by atoms with Gasteiger partial charge >= 0.3 is 30.0 Å². The van der Waals surface area contributed by atoms with Gasteiger partial charge in [0.05, 0.1) is 0 Å². The van der Waals surface area contributed by atoms with Crippen LogP contribution in [0.2, 0.25) is 0 Å². The lowest BCUT2D eigenvalue weighted by molar-refractivity contribution is -0.237. The highest BCUT2D eigenvalue weighted by atomic mass is 32.2. The highest BCUT2D eigenvalue weighted by molar-refractivity contribution is 7.99. The third-order valence-electron chi connectivity index (χ3n) is 4.22. The number of carbonyl (C=O) groups excluding carboxylic acids is 5. The van der Waals surface area contributed by atoms with Crippen LogP contribution >= 0.6 is 11.8 Å². The quantitative estimate of drug-likeness (QED) is 0.253. The molecule has 1 N–H and O–H groups in total. The summed E-state index contributed by atoms with van der Waals surface area (Å²) in [5.41, 5.74) is -1.47. The third kappa shape index (κ3) is 12.1. The number of esters is 4. The van der Waals surface area contributed by atoms with Crippen LogP contribution in [-0.4, -0.2) is 84.3 Å². The van der Waals surface area contributed by atoms with Gasteiger partial charge in [-0.05, 0) is 32.9 Å². The van der Waals surface area contributed by atoms with Crippen LogP contribution in [0.4, 0.5) is 4.79 Å². The van der Waals surface area contributed by atoms with E-state index in [4.69, 9.17) is 28.4 Å². The first kappa shape index (κ1) is 30.5. The molecule has 12 nitrogen and oxygen atoms in total. The molecule has 1 heterocycles. The Morgan fingerprint density at radius 3 is 1.89 bits per heavy atom. The summed E-state index contributed by atoms with van der Waals surface area (Å²) < 4.78 is 32.3. The van der Waals surface area contributed by atoms with Gasteiger partial charge in [0.15, 0.2) is 18.3 Å². The summed E-state index contributed by atoms with van der Waals surface area (Å²) in [7, 11) is 0. The Hall–Kier alpha value is -2.54. The lowest BCUT2D eigenvalue weighted by atomic mass is 9.99. The highest BCUT2D eigenvalue weighted by Crippen LogP contribution is 2.34. The average molecular weight is 522 g/mol. The molecule has 13 heteroatoms. The summed E-state index contributed by atoms with van der Waals surface area (Å²) in [6.45, 7) is 10.0. The predicted molar refractivity (Wildman–Crippen MR) is 123 cm³/mol. The SMILES string of the molecule is CC(=O)OC[C@H]1O[C@@H](SCCCNC(=O)OC(C)(C)C)[C@@H](OC(C)=O)[C@@H](OC(C)=O)[C@@H]1OC(C)=O. The molecule has 0 aliphatic carbocycles. The zero-order chi connectivity index (χ0) is 26.8. The van der Waals surface area contributed by atoms with Crippen molar-refractivity contribution in [1.29, 1.82) is 0 Å². The first-order valence-corrected chi connectivity index (χ1v) is 12.1. The van der Waals surface area contributed by atoms with Crippen molar-refractivity contribution in [2.45, 2.75) is 90.3 Å². The Labute approximate surface area is 209 Å². The lowest BCUT2D eigenvalue weighted by Crippen LogP contribution is -2.61. The fourth-order valence-electron chi connectivity index (χ4n) is 3.10. The van der Waals surface area contributed by atoms with Gasteiger partial charge in [0.2, 0.25) is 0 Å². The van der Waals surface area contributed by atoms with Gasteiger partial charge in [-0.25, -0.2) is 4.79 Å². The number of ether oxygens (including phenoxy) is 6. The fourth-order valence-corrected chi connectivity index (χ4v) is 4.26. The fraction of sp³-hybridized carbons (Fsp3) is 0.773. The second-order valence-corrected chi connectivity index (χ2v) is 9.93. The number of hydrogen-bond donors (Lipinski definition) is 1. The molecule has 1 aliphatic heterocycles. The number of carbonyl (C=O) groups is 5. The van der Waals surface area contributed by atoms with Crippen molar-refractivity contribution in [3.05, 3.63) is 0 Å². The zero-order valence-corrected chi connectivity index (χ0v) is 21.9. The molecule has 35 heavy (non-hydrogen) atoms. The smallest absolute Gasteiger partial charge is 0.407 e. The normalized spacial score (nSPS) is 24.0. The Balaban J connectivity index is 2.98. The molecule has 1 aliphatic rings. The number of thioether (sulfide) groups is 1. The van der Waals surface area contributed by atoms with Crippen molar-refractivity contribution in [1.82, 2.24) is 5.32 Å². The number of amides is 1. The van der Waals surface area contributed by atoms with E-state index in [0.29, 0.717) is 18.7 Å². The molecule has 0 bridgehead atoms. The number of alkyl carbamates (subject to hydrolysis) is 1. The van der Waals surface area contributed by atoms with E-state index < -0.39 is 65.4 Å². The molecule has 0 unspecified atom stereocenters. The van der Waals surface area contributed by atoms with Crippen LogP contribution in [0.15, 0.2) is 0 Å². The van der Waals surface area contributed by atoms with Gasteiger partial charge in [0, 0.05) is 34.2 Å². The van der Waals surface area contributed by atoms with Crippen LogP contribution in [0.5, 0.6) is 0 Å². The number of nitrogens with one attached hydrogen (secondary N) is 1. The largest absolute Gasteiger partial charge is 0.463 e. The molecule has 0 aromatic carbocycles. The van der Waals surface area contributed by atoms with E-state index in [1.54, 1.807) is 20.8 Å². The van der Waals surface area contributed by atoms with Crippen LogP contribution < -0.4 is 5.32 Å². The van der Waals surface area contributed by atoms with Crippen LogP contribution in [0.25, 0.3) is 0 Å². The first-order valence-electron chi connectivity index (χ1n) is 11.1. The van der Waals surface area contributed by atoms with Crippen LogP contribution in [0, 0.1) is 0 Å². The maximum absolute atomic E-state index is 11.8. The summed E-state index contributed by atoms with van der Waals surface area (Å²) in [4.78, 5) is 58.5. The monoisotopic (exact) mass is 521 g/mol. The van der Waals surface area contributed by atoms with Gasteiger partial charge < -0.3 is 33.7 Å². The molecule has 200 valence electrons. The maximum Gasteiger partial charge on any atom is 0.407 e. The Kier molecular flexibility index (Phi) is 12.3. The summed E-state index contributed by atoms with van der Waals surface area (Å²) in [6, 6.07) is 0. The van der Waals surface area contributed by atoms with E-state index in [-0.39, 0.29) is 6.61 Å². The minimum absolute atomic E-state index is 0.283. The molecular weight excluding hydrogens is 486 g/mol. The molecule has 1 rings (SSSR count). The van der Waals surface area contributed by atoms with E-state index in [1.165, 1.54) is 25.6 Å². The van der Waals surface area contributed by atoms with E-state index in [2.05, 4.69) is 5.32 Å². The Bertz CT molecular complexity index is 767. The van der Waals surface area contributed by atoms with Crippen molar-refractivity contribution in [3.63, 3.8) is 0 Å². The van der Waals surface area contributed by atoms with Crippen molar-refractivity contribution in [2.75, 3.05) is 18.9 Å². The van der Waals surface area contributed by atoms with Crippen LogP contribution in [-0.2, 0) is 47.6 Å². The lowest BCUT2D eigenvalue weighted by Gasteiger charge is -2.44. The van der Waals surface area contributed by atoms with E-state index in [0.717, 1.165) is 13.8 Å². The third-order valence-corrected chi connectivity index (χ3v) is 5.45. The molecule has 0 spiro atoms. The topological polar surface area (TPSA) is 153 Å². The maximum atomic E-state index is 11.8. The molecular formula is C22H35NO11S. The van der Waals surface area contributed by atoms with E-state index in [1.807, 2.05) is 0 Å². The molecule has 5 atom stereocenters. The van der Waals surface area contributed by atoms with E-state index >= 15 is 0 Å². The van der Waals surface area contributed by atoms with Gasteiger partial charge in [-0.1, -0.05) is 0 Å². The molecule has 1 amide bonds. The minimum atomic E-state index is -1.20. The predicted octanol–water partition coefficient (Wildman–Crippen LogP) is 1.72. The molecule has 1 saturated heterocycles. The molecule has 0 aromatic rings. The van der Waals surface area contributed by atoms with Crippen molar-refractivity contribution < 1.29 is 52.4 Å². The molecule has 1 fully saturated rings. The van der Waals surface area contributed by atoms with Crippen LogP contribution in [0.3, 0.4) is 0 Å². The first-order chi connectivity index (χ1) is 16.2. The average Bonchev–Trinajstić information content (AvgIpc) is 2.67. The summed E-state index contributed by atoms with van der Waals surface area (Å²) in [5.74, 6) is -2.18. The second kappa shape index (κ2) is 14.1. The van der Waals surface area contributed by atoms with Crippen LogP contribution in [0.1, 0.15) is 54.9 Å². The molecule has 0 saturated carbocycles. The standard InChI is InChI=1S/C22H35NO11S/c1-12(24)29-11-16-17(30-13(2)25)18(31-14(3)26)19(32-15(4)27)20(33-16)35-10-8-9-23-21(28)34-22(5,6)7/h16-20H,8-11H2,1-7H3,(H,23,28)/t16-,17-,18+,19+,20+/m1/s1. The van der Waals surface area contributed by atoms with Gasteiger partial charge in [0.25, 0.3) is 0 Å². The summed E-state index contributed by atoms with van der Waals surface area (Å²) >= 11 is 1.24. The summed E-state index contributed by atoms with van der Waals surface area (Å²) in [6.07, 6.45) is -4.53.